The molecule has 0 N–H and O–H groups in total. The molecular weight excluding hydrogens is 254 g/mol. The second-order valence-corrected chi connectivity index (χ2v) is 5.15. The van der Waals surface area contributed by atoms with Crippen LogP contribution < -0.4 is 0 Å². The lowest BCUT2D eigenvalue weighted by Crippen LogP contribution is -2.00. The van der Waals surface area contributed by atoms with Gasteiger partial charge in [0, 0.05) is 18.1 Å². The van der Waals surface area contributed by atoms with Crippen molar-refractivity contribution in [2.45, 2.75) is 17.0 Å². The molecule has 0 bridgehead atoms. The topological polar surface area (TPSA) is 30.7 Å². The summed E-state index contributed by atoms with van der Waals surface area (Å²) in [5, 5.41) is 2.10. The Morgan fingerprint density at radius 1 is 0.895 bits per heavy atom. The highest BCUT2D eigenvalue weighted by Gasteiger charge is 2.09. The first-order valence-electron chi connectivity index (χ1n) is 6.03. The van der Waals surface area contributed by atoms with Crippen molar-refractivity contribution in [3.63, 3.8) is 0 Å². The molecule has 0 saturated carbocycles. The van der Waals surface area contributed by atoms with Crippen LogP contribution in [0.15, 0.2) is 71.0 Å². The van der Waals surface area contributed by atoms with Gasteiger partial charge >= 0.3 is 0 Å². The van der Waals surface area contributed by atoms with E-state index >= 15 is 0 Å². The fourth-order valence-corrected chi connectivity index (χ4v) is 2.83. The lowest BCUT2D eigenvalue weighted by molar-refractivity contribution is 0.874. The zero-order chi connectivity index (χ0) is 13.1. The highest BCUT2D eigenvalue weighted by atomic mass is 32.2. The third-order valence-corrected chi connectivity index (χ3v) is 3.74. The second-order valence-electron chi connectivity index (χ2n) is 4.11. The zero-order valence-electron chi connectivity index (χ0n) is 10.5. The summed E-state index contributed by atoms with van der Waals surface area (Å²) >= 11 is 1.64. The predicted octanol–water partition coefficient (Wildman–Crippen LogP) is 3.73. The monoisotopic (exact) mass is 267 g/mol. The van der Waals surface area contributed by atoms with E-state index in [1.165, 1.54) is 0 Å². The van der Waals surface area contributed by atoms with Gasteiger partial charge in [-0.3, -0.25) is 4.57 Å². The van der Waals surface area contributed by atoms with E-state index in [4.69, 9.17) is 0 Å². The van der Waals surface area contributed by atoms with Crippen molar-refractivity contribution in [1.29, 1.82) is 0 Å². The van der Waals surface area contributed by atoms with Gasteiger partial charge in [-0.2, -0.15) is 0 Å². The molecule has 3 aromatic rings. The van der Waals surface area contributed by atoms with E-state index in [0.29, 0.717) is 0 Å². The summed E-state index contributed by atoms with van der Waals surface area (Å²) in [6.45, 7) is 2.08. The standard InChI is InChI=1S/C15H13N3S/c1-12-8-9-15(19-14-7-3-5-11-17-14)18(12)13-6-2-4-10-16-13/h2-11H,1H3. The molecule has 3 heterocycles. The Balaban J connectivity index is 2.00. The van der Waals surface area contributed by atoms with Gasteiger partial charge in [-0.05, 0) is 43.3 Å². The van der Waals surface area contributed by atoms with Gasteiger partial charge in [-0.15, -0.1) is 0 Å². The average Bonchev–Trinajstić information content (AvgIpc) is 2.82. The van der Waals surface area contributed by atoms with E-state index < -0.39 is 0 Å². The molecule has 0 aromatic carbocycles. The number of hydrogen-bond acceptors (Lipinski definition) is 3. The fourth-order valence-electron chi connectivity index (χ4n) is 1.89. The molecule has 0 atom stereocenters. The Labute approximate surface area is 116 Å². The van der Waals surface area contributed by atoms with Crippen LogP contribution in [-0.4, -0.2) is 14.5 Å². The maximum atomic E-state index is 4.41. The summed E-state index contributed by atoms with van der Waals surface area (Å²) in [6, 6.07) is 16.1. The minimum absolute atomic E-state index is 0.934. The molecule has 4 heteroatoms. The first-order chi connectivity index (χ1) is 9.34. The summed E-state index contributed by atoms with van der Waals surface area (Å²) in [7, 11) is 0. The van der Waals surface area contributed by atoms with Crippen molar-refractivity contribution < 1.29 is 0 Å². The van der Waals surface area contributed by atoms with Gasteiger partial charge in [0.15, 0.2) is 0 Å². The Morgan fingerprint density at radius 3 is 2.37 bits per heavy atom. The lowest BCUT2D eigenvalue weighted by Gasteiger charge is -2.09. The molecule has 0 aliphatic carbocycles. The molecule has 19 heavy (non-hydrogen) atoms. The Morgan fingerprint density at radius 2 is 1.68 bits per heavy atom. The second kappa shape index (κ2) is 5.28. The molecule has 0 aliphatic heterocycles. The molecule has 0 unspecified atom stereocenters. The number of rotatable bonds is 3. The van der Waals surface area contributed by atoms with Crippen LogP contribution in [0.4, 0.5) is 0 Å². The summed E-state index contributed by atoms with van der Waals surface area (Å²) in [5.41, 5.74) is 1.16. The first-order valence-corrected chi connectivity index (χ1v) is 6.85. The van der Waals surface area contributed by atoms with Crippen molar-refractivity contribution in [2.75, 3.05) is 0 Å². The van der Waals surface area contributed by atoms with Crippen LogP contribution >= 0.6 is 11.8 Å². The van der Waals surface area contributed by atoms with E-state index in [1.807, 2.05) is 48.8 Å². The van der Waals surface area contributed by atoms with Crippen molar-refractivity contribution in [2.24, 2.45) is 0 Å². The highest BCUT2D eigenvalue weighted by molar-refractivity contribution is 7.99. The molecule has 3 rings (SSSR count). The number of nitrogens with zero attached hydrogens (tertiary/aromatic N) is 3. The number of pyridine rings is 2. The van der Waals surface area contributed by atoms with Gasteiger partial charge in [0.05, 0.1) is 5.03 Å². The minimum atomic E-state index is 0.934. The predicted molar refractivity (Wildman–Crippen MR) is 76.7 cm³/mol. The highest BCUT2D eigenvalue weighted by Crippen LogP contribution is 2.29. The van der Waals surface area contributed by atoms with Crippen molar-refractivity contribution in [3.8, 4) is 5.82 Å². The van der Waals surface area contributed by atoms with Crippen LogP contribution in [0.5, 0.6) is 0 Å². The third kappa shape index (κ3) is 2.53. The molecule has 0 aliphatic rings. The Bertz CT molecular complexity index is 662. The Hall–Kier alpha value is -2.07. The van der Waals surface area contributed by atoms with Gasteiger partial charge in [0.2, 0.25) is 0 Å². The molecule has 0 spiro atoms. The number of aryl methyl sites for hydroxylation is 1. The average molecular weight is 267 g/mol. The van der Waals surface area contributed by atoms with Crippen molar-refractivity contribution >= 4 is 11.8 Å². The van der Waals surface area contributed by atoms with Crippen LogP contribution in [0.1, 0.15) is 5.69 Å². The van der Waals surface area contributed by atoms with Crippen LogP contribution in [0.25, 0.3) is 5.82 Å². The SMILES string of the molecule is Cc1ccc(Sc2ccccn2)n1-c1ccccn1. The minimum Gasteiger partial charge on any atom is -0.293 e. The molecule has 3 aromatic heterocycles. The molecule has 94 valence electrons. The van der Waals surface area contributed by atoms with E-state index in [1.54, 1.807) is 11.8 Å². The van der Waals surface area contributed by atoms with E-state index in [9.17, 15) is 0 Å². The van der Waals surface area contributed by atoms with Crippen LogP contribution in [0, 0.1) is 6.92 Å². The molecule has 3 nitrogen and oxygen atoms in total. The van der Waals surface area contributed by atoms with Gasteiger partial charge in [0.1, 0.15) is 10.8 Å². The molecular formula is C15H13N3S. The Kier molecular flexibility index (Phi) is 3.33. The van der Waals surface area contributed by atoms with Gasteiger partial charge in [0.25, 0.3) is 0 Å². The zero-order valence-corrected chi connectivity index (χ0v) is 11.3. The van der Waals surface area contributed by atoms with Gasteiger partial charge < -0.3 is 0 Å². The summed E-state index contributed by atoms with van der Waals surface area (Å²) < 4.78 is 2.14. The van der Waals surface area contributed by atoms with Gasteiger partial charge in [-0.1, -0.05) is 23.9 Å². The van der Waals surface area contributed by atoms with E-state index in [-0.39, 0.29) is 0 Å². The molecule has 0 saturated heterocycles. The van der Waals surface area contributed by atoms with Gasteiger partial charge in [-0.25, -0.2) is 9.97 Å². The molecule has 0 radical (unpaired) electrons. The quantitative estimate of drug-likeness (QED) is 0.724. The number of hydrogen-bond donors (Lipinski definition) is 0. The van der Waals surface area contributed by atoms with E-state index in [0.717, 1.165) is 21.6 Å². The normalized spacial score (nSPS) is 10.6. The lowest BCUT2D eigenvalue weighted by atomic mass is 10.4. The summed E-state index contributed by atoms with van der Waals surface area (Å²) in [4.78, 5) is 8.76. The van der Waals surface area contributed by atoms with Crippen molar-refractivity contribution in [3.05, 3.63) is 66.6 Å². The molecule has 0 fully saturated rings. The largest absolute Gasteiger partial charge is 0.293 e. The summed E-state index contributed by atoms with van der Waals surface area (Å²) in [6.07, 6.45) is 3.62. The van der Waals surface area contributed by atoms with Crippen LogP contribution in [-0.2, 0) is 0 Å². The smallest absolute Gasteiger partial charge is 0.137 e. The molecule has 0 amide bonds. The number of aromatic nitrogens is 3. The van der Waals surface area contributed by atoms with Crippen LogP contribution in [0.2, 0.25) is 0 Å². The summed E-state index contributed by atoms with van der Waals surface area (Å²) in [5.74, 6) is 0.934. The third-order valence-electron chi connectivity index (χ3n) is 2.77. The van der Waals surface area contributed by atoms with E-state index in [2.05, 4.69) is 33.6 Å². The van der Waals surface area contributed by atoms with Crippen LogP contribution in [0.3, 0.4) is 0 Å². The maximum Gasteiger partial charge on any atom is 0.137 e. The van der Waals surface area contributed by atoms with Crippen molar-refractivity contribution in [1.82, 2.24) is 14.5 Å². The fraction of sp³-hybridized carbons (Fsp3) is 0.0667. The first kappa shape index (κ1) is 12.0. The maximum absolute atomic E-state index is 4.41.